The third-order valence-corrected chi connectivity index (χ3v) is 4.94. The number of anilines is 1. The maximum atomic E-state index is 6.07. The molecule has 1 aromatic heterocycles. The Kier molecular flexibility index (Phi) is 3.75. The SMILES string of the molecule is Cc1ccc(-c2c(C3CCC(C)CC3)noc2N)cc1C. The lowest BCUT2D eigenvalue weighted by molar-refractivity contribution is 0.331. The maximum Gasteiger partial charge on any atom is 0.230 e. The molecule has 2 N–H and O–H groups in total. The van der Waals surface area contributed by atoms with E-state index >= 15 is 0 Å². The van der Waals surface area contributed by atoms with E-state index in [0.29, 0.717) is 11.8 Å². The maximum absolute atomic E-state index is 6.07. The number of nitrogens with two attached hydrogens (primary N) is 1. The second-order valence-corrected chi connectivity index (χ2v) is 6.56. The number of hydrogen-bond donors (Lipinski definition) is 1. The van der Waals surface area contributed by atoms with Crippen molar-refractivity contribution in [2.75, 3.05) is 5.73 Å². The Labute approximate surface area is 126 Å². The first-order valence-corrected chi connectivity index (χ1v) is 7.89. The van der Waals surface area contributed by atoms with Crippen molar-refractivity contribution in [1.29, 1.82) is 0 Å². The van der Waals surface area contributed by atoms with Crippen LogP contribution in [0.4, 0.5) is 5.88 Å². The summed E-state index contributed by atoms with van der Waals surface area (Å²) in [5, 5.41) is 4.29. The fourth-order valence-corrected chi connectivity index (χ4v) is 3.32. The van der Waals surface area contributed by atoms with Gasteiger partial charge in [-0.2, -0.15) is 0 Å². The van der Waals surface area contributed by atoms with E-state index in [1.165, 1.54) is 36.8 Å². The van der Waals surface area contributed by atoms with Gasteiger partial charge in [-0.05, 0) is 49.3 Å². The lowest BCUT2D eigenvalue weighted by Gasteiger charge is -2.25. The molecule has 1 aliphatic carbocycles. The standard InChI is InChI=1S/C18H24N2O/c1-11-4-7-14(8-5-11)17-16(18(19)21-20-17)15-9-6-12(2)13(3)10-15/h6,9-11,14H,4-5,7-8,19H2,1-3H3. The summed E-state index contributed by atoms with van der Waals surface area (Å²) in [5.74, 6) is 1.77. The first-order chi connectivity index (χ1) is 10.1. The smallest absolute Gasteiger partial charge is 0.230 e. The van der Waals surface area contributed by atoms with E-state index in [4.69, 9.17) is 10.3 Å². The average molecular weight is 284 g/mol. The molecular formula is C18H24N2O. The van der Waals surface area contributed by atoms with Crippen molar-refractivity contribution < 1.29 is 4.52 Å². The highest BCUT2D eigenvalue weighted by molar-refractivity contribution is 5.76. The monoisotopic (exact) mass is 284 g/mol. The molecule has 0 amide bonds. The average Bonchev–Trinajstić information content (AvgIpc) is 2.85. The molecule has 1 heterocycles. The van der Waals surface area contributed by atoms with E-state index in [2.05, 4.69) is 44.1 Å². The third-order valence-electron chi connectivity index (χ3n) is 4.94. The zero-order chi connectivity index (χ0) is 15.0. The minimum absolute atomic E-state index is 0.451. The first kappa shape index (κ1) is 14.2. The van der Waals surface area contributed by atoms with Gasteiger partial charge in [0.2, 0.25) is 5.88 Å². The molecule has 3 nitrogen and oxygen atoms in total. The van der Waals surface area contributed by atoms with Crippen LogP contribution in [0.5, 0.6) is 0 Å². The van der Waals surface area contributed by atoms with Crippen molar-refractivity contribution in [3.8, 4) is 11.1 Å². The minimum atomic E-state index is 0.451. The van der Waals surface area contributed by atoms with E-state index in [1.54, 1.807) is 0 Å². The van der Waals surface area contributed by atoms with E-state index in [9.17, 15) is 0 Å². The topological polar surface area (TPSA) is 52.0 Å². The predicted octanol–water partition coefficient (Wildman–Crippen LogP) is 4.83. The van der Waals surface area contributed by atoms with Crippen molar-refractivity contribution in [3.63, 3.8) is 0 Å². The molecule has 1 fully saturated rings. The van der Waals surface area contributed by atoms with Crippen LogP contribution in [0.3, 0.4) is 0 Å². The van der Waals surface area contributed by atoms with E-state index in [0.717, 1.165) is 22.7 Å². The van der Waals surface area contributed by atoms with Crippen molar-refractivity contribution in [2.24, 2.45) is 5.92 Å². The second kappa shape index (κ2) is 5.55. The molecule has 1 aliphatic rings. The molecule has 2 aromatic rings. The first-order valence-electron chi connectivity index (χ1n) is 7.89. The van der Waals surface area contributed by atoms with Crippen LogP contribution in [-0.2, 0) is 0 Å². The lowest BCUT2D eigenvalue weighted by atomic mass is 9.80. The highest BCUT2D eigenvalue weighted by atomic mass is 16.5. The third kappa shape index (κ3) is 2.69. The summed E-state index contributed by atoms with van der Waals surface area (Å²) in [6.07, 6.45) is 4.91. The van der Waals surface area contributed by atoms with Crippen LogP contribution < -0.4 is 5.73 Å². The van der Waals surface area contributed by atoms with Crippen LogP contribution >= 0.6 is 0 Å². The molecule has 112 valence electrons. The molecule has 1 saturated carbocycles. The van der Waals surface area contributed by atoms with Gasteiger partial charge in [0.15, 0.2) is 0 Å². The molecule has 21 heavy (non-hydrogen) atoms. The number of nitrogens with zero attached hydrogens (tertiary/aromatic N) is 1. The summed E-state index contributed by atoms with van der Waals surface area (Å²) < 4.78 is 5.33. The molecule has 0 radical (unpaired) electrons. The molecule has 0 atom stereocenters. The number of nitrogen functional groups attached to an aromatic ring is 1. The van der Waals surface area contributed by atoms with Crippen LogP contribution in [0.25, 0.3) is 11.1 Å². The van der Waals surface area contributed by atoms with Crippen LogP contribution in [0.2, 0.25) is 0 Å². The molecule has 0 saturated heterocycles. The second-order valence-electron chi connectivity index (χ2n) is 6.56. The highest BCUT2D eigenvalue weighted by Gasteiger charge is 2.27. The Bertz CT molecular complexity index is 637. The largest absolute Gasteiger partial charge is 0.367 e. The number of aryl methyl sites for hydroxylation is 2. The number of hydrogen-bond acceptors (Lipinski definition) is 3. The molecule has 0 bridgehead atoms. The molecular weight excluding hydrogens is 260 g/mol. The van der Waals surface area contributed by atoms with Crippen molar-refractivity contribution >= 4 is 5.88 Å². The lowest BCUT2D eigenvalue weighted by Crippen LogP contribution is -2.12. The number of benzene rings is 1. The van der Waals surface area contributed by atoms with Crippen LogP contribution in [0.1, 0.15) is 55.3 Å². The van der Waals surface area contributed by atoms with Crippen molar-refractivity contribution in [3.05, 3.63) is 35.0 Å². The van der Waals surface area contributed by atoms with Gasteiger partial charge in [-0.3, -0.25) is 0 Å². The Morgan fingerprint density at radius 3 is 2.48 bits per heavy atom. The van der Waals surface area contributed by atoms with Gasteiger partial charge in [-0.1, -0.05) is 43.1 Å². The molecule has 3 rings (SSSR count). The zero-order valence-electron chi connectivity index (χ0n) is 13.1. The van der Waals surface area contributed by atoms with Crippen molar-refractivity contribution in [1.82, 2.24) is 5.16 Å². The van der Waals surface area contributed by atoms with Crippen LogP contribution in [0, 0.1) is 19.8 Å². The van der Waals surface area contributed by atoms with E-state index in [1.807, 2.05) is 0 Å². The quantitative estimate of drug-likeness (QED) is 0.859. The summed E-state index contributed by atoms with van der Waals surface area (Å²) in [5.41, 5.74) is 11.8. The summed E-state index contributed by atoms with van der Waals surface area (Å²) >= 11 is 0. The van der Waals surface area contributed by atoms with Gasteiger partial charge in [-0.25, -0.2) is 0 Å². The van der Waals surface area contributed by atoms with Gasteiger partial charge >= 0.3 is 0 Å². The summed E-state index contributed by atoms with van der Waals surface area (Å²) in [7, 11) is 0. The van der Waals surface area contributed by atoms with Gasteiger partial charge in [0.25, 0.3) is 0 Å². The Hall–Kier alpha value is -1.77. The zero-order valence-corrected chi connectivity index (χ0v) is 13.1. The minimum Gasteiger partial charge on any atom is -0.367 e. The highest BCUT2D eigenvalue weighted by Crippen LogP contribution is 2.41. The van der Waals surface area contributed by atoms with E-state index < -0.39 is 0 Å². The molecule has 0 spiro atoms. The Balaban J connectivity index is 1.98. The van der Waals surface area contributed by atoms with Gasteiger partial charge in [0.1, 0.15) is 0 Å². The van der Waals surface area contributed by atoms with Crippen LogP contribution in [-0.4, -0.2) is 5.16 Å². The van der Waals surface area contributed by atoms with Gasteiger partial charge < -0.3 is 10.3 Å². The Morgan fingerprint density at radius 2 is 1.81 bits per heavy atom. The molecule has 1 aromatic carbocycles. The number of rotatable bonds is 2. The normalized spacial score (nSPS) is 22.4. The van der Waals surface area contributed by atoms with Crippen LogP contribution in [0.15, 0.2) is 22.7 Å². The number of aromatic nitrogens is 1. The molecule has 0 unspecified atom stereocenters. The molecule has 0 aliphatic heterocycles. The summed E-state index contributed by atoms with van der Waals surface area (Å²) in [6.45, 7) is 6.58. The van der Waals surface area contributed by atoms with Gasteiger partial charge in [0, 0.05) is 5.92 Å². The van der Waals surface area contributed by atoms with Gasteiger partial charge in [0.05, 0.1) is 11.3 Å². The summed E-state index contributed by atoms with van der Waals surface area (Å²) in [6, 6.07) is 6.46. The molecule has 3 heteroatoms. The fourth-order valence-electron chi connectivity index (χ4n) is 3.32. The van der Waals surface area contributed by atoms with Crippen molar-refractivity contribution in [2.45, 2.75) is 52.4 Å². The van der Waals surface area contributed by atoms with Gasteiger partial charge in [-0.15, -0.1) is 0 Å². The fraction of sp³-hybridized carbons (Fsp3) is 0.500. The van der Waals surface area contributed by atoms with E-state index in [-0.39, 0.29) is 0 Å². The predicted molar refractivity (Wildman–Crippen MR) is 86.2 cm³/mol. The summed E-state index contributed by atoms with van der Waals surface area (Å²) in [4.78, 5) is 0. The Morgan fingerprint density at radius 1 is 1.10 bits per heavy atom.